The van der Waals surface area contributed by atoms with E-state index in [1.54, 1.807) is 19.1 Å². The molecule has 1 N–H and O–H groups in total. The van der Waals surface area contributed by atoms with Gasteiger partial charge in [-0.15, -0.1) is 0 Å². The zero-order valence-electron chi connectivity index (χ0n) is 11.8. The van der Waals surface area contributed by atoms with Gasteiger partial charge in [0, 0.05) is 13.1 Å². The van der Waals surface area contributed by atoms with Gasteiger partial charge < -0.3 is 5.11 Å². The minimum Gasteiger partial charge on any atom is -0.395 e. The molecule has 1 rings (SSSR count). The van der Waals surface area contributed by atoms with Crippen molar-refractivity contribution in [3.05, 3.63) is 29.8 Å². The Bertz CT molecular complexity index is 480. The topological polar surface area (TPSA) is 57.6 Å². The summed E-state index contributed by atoms with van der Waals surface area (Å²) in [4.78, 5) is 0.287. The zero-order chi connectivity index (χ0) is 14.5. The molecule has 0 spiro atoms. The summed E-state index contributed by atoms with van der Waals surface area (Å²) < 4.78 is 25.9. The van der Waals surface area contributed by atoms with Gasteiger partial charge in [0.15, 0.2) is 0 Å². The molecule has 0 bridgehead atoms. The summed E-state index contributed by atoms with van der Waals surface area (Å²) >= 11 is 0. The number of benzene rings is 1. The summed E-state index contributed by atoms with van der Waals surface area (Å²) in [7, 11) is -3.49. The summed E-state index contributed by atoms with van der Waals surface area (Å²) in [5.41, 5.74) is 1.14. The highest BCUT2D eigenvalue weighted by atomic mass is 32.2. The molecule has 108 valence electrons. The van der Waals surface area contributed by atoms with Crippen LogP contribution in [0, 0.1) is 5.92 Å². The van der Waals surface area contributed by atoms with E-state index in [0.717, 1.165) is 12.0 Å². The number of sulfonamides is 1. The van der Waals surface area contributed by atoms with Gasteiger partial charge in [0.2, 0.25) is 10.0 Å². The quantitative estimate of drug-likeness (QED) is 0.832. The molecule has 0 unspecified atom stereocenters. The maximum atomic E-state index is 12.3. The fourth-order valence-corrected chi connectivity index (χ4v) is 3.42. The van der Waals surface area contributed by atoms with Gasteiger partial charge in [-0.1, -0.05) is 32.9 Å². The van der Waals surface area contributed by atoms with Gasteiger partial charge >= 0.3 is 0 Å². The number of likely N-dealkylation sites (N-methyl/N-ethyl adjacent to an activating group) is 1. The lowest BCUT2D eigenvalue weighted by Crippen LogP contribution is -2.33. The Morgan fingerprint density at radius 2 is 1.79 bits per heavy atom. The molecule has 0 saturated heterocycles. The highest BCUT2D eigenvalue weighted by Crippen LogP contribution is 2.17. The third-order valence-corrected chi connectivity index (χ3v) is 4.90. The monoisotopic (exact) mass is 285 g/mol. The molecule has 0 amide bonds. The van der Waals surface area contributed by atoms with Gasteiger partial charge in [0.1, 0.15) is 0 Å². The molecule has 4 nitrogen and oxygen atoms in total. The van der Waals surface area contributed by atoms with Crippen molar-refractivity contribution in [2.24, 2.45) is 5.92 Å². The molecule has 0 radical (unpaired) electrons. The molecule has 0 aliphatic heterocycles. The molecule has 1 aromatic carbocycles. The van der Waals surface area contributed by atoms with Crippen LogP contribution < -0.4 is 0 Å². The summed E-state index contributed by atoms with van der Waals surface area (Å²) in [5, 5.41) is 8.92. The third-order valence-electron chi connectivity index (χ3n) is 2.91. The van der Waals surface area contributed by atoms with Crippen LogP contribution in [0.5, 0.6) is 0 Å². The van der Waals surface area contributed by atoms with Crippen LogP contribution in [0.15, 0.2) is 29.2 Å². The lowest BCUT2D eigenvalue weighted by atomic mass is 10.0. The summed E-state index contributed by atoms with van der Waals surface area (Å²) in [5.74, 6) is 0.545. The van der Waals surface area contributed by atoms with Gasteiger partial charge in [0.05, 0.1) is 11.5 Å². The first-order chi connectivity index (χ1) is 8.91. The third kappa shape index (κ3) is 4.30. The smallest absolute Gasteiger partial charge is 0.243 e. The average Bonchev–Trinajstić information content (AvgIpc) is 2.35. The second-order valence-corrected chi connectivity index (χ2v) is 6.90. The maximum Gasteiger partial charge on any atom is 0.243 e. The molecule has 0 aliphatic rings. The molecule has 0 heterocycles. The Morgan fingerprint density at radius 1 is 1.21 bits per heavy atom. The van der Waals surface area contributed by atoms with Crippen molar-refractivity contribution in [3.8, 4) is 0 Å². The Hall–Kier alpha value is -0.910. The van der Waals surface area contributed by atoms with Crippen LogP contribution in [-0.4, -0.2) is 37.5 Å². The molecule has 0 aromatic heterocycles. The normalized spacial score (nSPS) is 12.3. The van der Waals surface area contributed by atoms with Crippen LogP contribution in [0.1, 0.15) is 26.3 Å². The lowest BCUT2D eigenvalue weighted by Gasteiger charge is -2.19. The van der Waals surface area contributed by atoms with E-state index in [2.05, 4.69) is 13.8 Å². The van der Waals surface area contributed by atoms with E-state index < -0.39 is 10.0 Å². The van der Waals surface area contributed by atoms with Crippen molar-refractivity contribution >= 4 is 10.0 Å². The maximum absolute atomic E-state index is 12.3. The standard InChI is InChI=1S/C14H23NO3S/c1-4-15(9-10-16)19(17,18)14-7-5-13(6-8-14)11-12(2)3/h5-8,12,16H,4,9-11H2,1-3H3. The van der Waals surface area contributed by atoms with Crippen LogP contribution in [0.3, 0.4) is 0 Å². The van der Waals surface area contributed by atoms with Crippen molar-refractivity contribution in [3.63, 3.8) is 0 Å². The zero-order valence-corrected chi connectivity index (χ0v) is 12.7. The largest absolute Gasteiger partial charge is 0.395 e. The van der Waals surface area contributed by atoms with Gasteiger partial charge in [-0.25, -0.2) is 8.42 Å². The van der Waals surface area contributed by atoms with Crippen molar-refractivity contribution in [2.45, 2.75) is 32.1 Å². The minimum atomic E-state index is -3.49. The number of rotatable bonds is 7. The lowest BCUT2D eigenvalue weighted by molar-refractivity contribution is 0.257. The molecular formula is C14H23NO3S. The van der Waals surface area contributed by atoms with E-state index >= 15 is 0 Å². The van der Waals surface area contributed by atoms with E-state index in [4.69, 9.17) is 5.11 Å². The van der Waals surface area contributed by atoms with E-state index in [1.165, 1.54) is 4.31 Å². The van der Waals surface area contributed by atoms with Gasteiger partial charge in [-0.05, 0) is 30.0 Å². The molecule has 1 aromatic rings. The molecule has 19 heavy (non-hydrogen) atoms. The fourth-order valence-electron chi connectivity index (χ4n) is 1.98. The number of aliphatic hydroxyl groups is 1. The summed E-state index contributed by atoms with van der Waals surface area (Å²) in [6.07, 6.45) is 0.939. The van der Waals surface area contributed by atoms with Crippen LogP contribution in [0.2, 0.25) is 0 Å². The number of hydrogen-bond donors (Lipinski definition) is 1. The van der Waals surface area contributed by atoms with Gasteiger partial charge in [-0.3, -0.25) is 0 Å². The Morgan fingerprint density at radius 3 is 2.21 bits per heavy atom. The number of nitrogens with zero attached hydrogens (tertiary/aromatic N) is 1. The number of hydrogen-bond acceptors (Lipinski definition) is 3. The Balaban J connectivity index is 2.95. The first-order valence-corrected chi connectivity index (χ1v) is 8.05. The summed E-state index contributed by atoms with van der Waals surface area (Å²) in [6, 6.07) is 7.01. The summed E-state index contributed by atoms with van der Waals surface area (Å²) in [6.45, 7) is 6.34. The highest BCUT2D eigenvalue weighted by molar-refractivity contribution is 7.89. The van der Waals surface area contributed by atoms with Crippen molar-refractivity contribution in [1.29, 1.82) is 0 Å². The molecule has 5 heteroatoms. The van der Waals surface area contributed by atoms with Crippen molar-refractivity contribution in [2.75, 3.05) is 19.7 Å². The molecular weight excluding hydrogens is 262 g/mol. The predicted octanol–water partition coefficient (Wildman–Crippen LogP) is 1.89. The van der Waals surface area contributed by atoms with Gasteiger partial charge in [0.25, 0.3) is 0 Å². The predicted molar refractivity (Wildman–Crippen MR) is 76.5 cm³/mol. The fraction of sp³-hybridized carbons (Fsp3) is 0.571. The van der Waals surface area contributed by atoms with Gasteiger partial charge in [-0.2, -0.15) is 4.31 Å². The van der Waals surface area contributed by atoms with Crippen LogP contribution in [0.25, 0.3) is 0 Å². The van der Waals surface area contributed by atoms with E-state index in [9.17, 15) is 8.42 Å². The first kappa shape index (κ1) is 16.1. The average molecular weight is 285 g/mol. The first-order valence-electron chi connectivity index (χ1n) is 6.61. The Labute approximate surface area is 116 Å². The van der Waals surface area contributed by atoms with Crippen LogP contribution in [-0.2, 0) is 16.4 Å². The second-order valence-electron chi connectivity index (χ2n) is 4.96. The van der Waals surface area contributed by atoms with E-state index in [-0.39, 0.29) is 18.0 Å². The van der Waals surface area contributed by atoms with Crippen molar-refractivity contribution < 1.29 is 13.5 Å². The molecule has 0 aliphatic carbocycles. The van der Waals surface area contributed by atoms with Crippen LogP contribution in [0.4, 0.5) is 0 Å². The van der Waals surface area contributed by atoms with E-state index in [0.29, 0.717) is 12.5 Å². The molecule has 0 atom stereocenters. The van der Waals surface area contributed by atoms with E-state index in [1.807, 2.05) is 12.1 Å². The van der Waals surface area contributed by atoms with Crippen molar-refractivity contribution in [1.82, 2.24) is 4.31 Å². The molecule has 0 saturated carbocycles. The SMILES string of the molecule is CCN(CCO)S(=O)(=O)c1ccc(CC(C)C)cc1. The number of aliphatic hydroxyl groups excluding tert-OH is 1. The molecule has 0 fully saturated rings. The van der Waals surface area contributed by atoms with Crippen LogP contribution >= 0.6 is 0 Å². The second kappa shape index (κ2) is 7.03. The minimum absolute atomic E-state index is 0.132. The highest BCUT2D eigenvalue weighted by Gasteiger charge is 2.22. The Kier molecular flexibility index (Phi) is 5.97.